The summed E-state index contributed by atoms with van der Waals surface area (Å²) in [5.74, 6) is -0.612. The summed E-state index contributed by atoms with van der Waals surface area (Å²) < 4.78 is 51.8. The Morgan fingerprint density at radius 1 is 1.35 bits per heavy atom. The van der Waals surface area contributed by atoms with Crippen molar-refractivity contribution in [3.8, 4) is 0 Å². The van der Waals surface area contributed by atoms with E-state index in [0.29, 0.717) is 24.8 Å². The van der Waals surface area contributed by atoms with Crippen LogP contribution in [0, 0.1) is 5.82 Å². The third kappa shape index (κ3) is 4.10. The molecule has 112 valence electrons. The lowest BCUT2D eigenvalue weighted by Gasteiger charge is -2.26. The van der Waals surface area contributed by atoms with Gasteiger partial charge in [-0.3, -0.25) is 0 Å². The molecule has 0 aromatic heterocycles. The Bertz CT molecular complexity index is 467. The van der Waals surface area contributed by atoms with Crippen LogP contribution in [0.3, 0.4) is 0 Å². The number of benzene rings is 1. The van der Waals surface area contributed by atoms with E-state index in [9.17, 15) is 17.6 Å². The van der Waals surface area contributed by atoms with Gasteiger partial charge in [-0.1, -0.05) is 6.07 Å². The van der Waals surface area contributed by atoms with Crippen molar-refractivity contribution in [1.82, 2.24) is 0 Å². The van der Waals surface area contributed by atoms with E-state index in [1.807, 2.05) is 0 Å². The molecule has 0 spiro atoms. The summed E-state index contributed by atoms with van der Waals surface area (Å²) in [4.78, 5) is 1.12. The van der Waals surface area contributed by atoms with Crippen LogP contribution in [0.4, 0.5) is 23.2 Å². The van der Waals surface area contributed by atoms with Crippen molar-refractivity contribution in [2.75, 3.05) is 11.4 Å². The molecule has 1 aromatic carbocycles. The molecule has 0 saturated heterocycles. The Hall–Kier alpha value is -1.30. The van der Waals surface area contributed by atoms with Crippen molar-refractivity contribution in [2.45, 2.75) is 44.4 Å². The standard InChI is InChI=1S/C14H18F4N2/c1-9(19)6-10-2-5-13(12(15)7-10)20(11-3-4-11)8-14(16,17)18/h2,5,7,9,11H,3-4,6,8,19H2,1H3. The number of hydrogen-bond acceptors (Lipinski definition) is 2. The fourth-order valence-corrected chi connectivity index (χ4v) is 2.27. The predicted octanol–water partition coefficient (Wildman–Crippen LogP) is 3.25. The van der Waals surface area contributed by atoms with Gasteiger partial charge < -0.3 is 10.6 Å². The molecule has 6 heteroatoms. The molecule has 1 atom stereocenters. The lowest BCUT2D eigenvalue weighted by Crippen LogP contribution is -2.36. The van der Waals surface area contributed by atoms with Crippen molar-refractivity contribution in [2.24, 2.45) is 5.73 Å². The molecule has 2 N–H and O–H groups in total. The largest absolute Gasteiger partial charge is 0.405 e. The zero-order valence-electron chi connectivity index (χ0n) is 11.3. The van der Waals surface area contributed by atoms with Gasteiger partial charge in [0.15, 0.2) is 0 Å². The van der Waals surface area contributed by atoms with E-state index in [1.165, 1.54) is 12.1 Å². The van der Waals surface area contributed by atoms with Gasteiger partial charge in [-0.15, -0.1) is 0 Å². The van der Waals surface area contributed by atoms with Gasteiger partial charge in [-0.05, 0) is 43.9 Å². The molecule has 0 aliphatic heterocycles. The molecule has 1 aliphatic rings. The van der Waals surface area contributed by atoms with Gasteiger partial charge in [0.25, 0.3) is 0 Å². The Balaban J connectivity index is 2.21. The Kier molecular flexibility index (Phi) is 4.22. The average molecular weight is 290 g/mol. The second kappa shape index (κ2) is 5.60. The van der Waals surface area contributed by atoms with Crippen LogP contribution in [-0.4, -0.2) is 24.8 Å². The summed E-state index contributed by atoms with van der Waals surface area (Å²) in [6.45, 7) is 0.688. The summed E-state index contributed by atoms with van der Waals surface area (Å²) in [5.41, 5.74) is 6.36. The number of nitrogens with zero attached hydrogens (tertiary/aromatic N) is 1. The van der Waals surface area contributed by atoms with E-state index in [1.54, 1.807) is 13.0 Å². The molecular weight excluding hydrogens is 272 g/mol. The van der Waals surface area contributed by atoms with Crippen molar-refractivity contribution >= 4 is 5.69 Å². The predicted molar refractivity (Wildman–Crippen MR) is 70.2 cm³/mol. The van der Waals surface area contributed by atoms with Crippen LogP contribution in [0.5, 0.6) is 0 Å². The van der Waals surface area contributed by atoms with Gasteiger partial charge in [0.1, 0.15) is 12.4 Å². The molecule has 0 amide bonds. The second-order valence-electron chi connectivity index (χ2n) is 5.44. The molecule has 1 aromatic rings. The highest BCUT2D eigenvalue weighted by molar-refractivity contribution is 5.51. The Morgan fingerprint density at radius 2 is 2.00 bits per heavy atom. The number of anilines is 1. The van der Waals surface area contributed by atoms with Gasteiger partial charge in [-0.25, -0.2) is 4.39 Å². The fourth-order valence-electron chi connectivity index (χ4n) is 2.27. The lowest BCUT2D eigenvalue weighted by molar-refractivity contribution is -0.120. The van der Waals surface area contributed by atoms with Gasteiger partial charge >= 0.3 is 6.18 Å². The summed E-state index contributed by atoms with van der Waals surface area (Å²) in [6.07, 6.45) is -2.48. The topological polar surface area (TPSA) is 29.3 Å². The minimum Gasteiger partial charge on any atom is -0.357 e. The van der Waals surface area contributed by atoms with E-state index in [-0.39, 0.29) is 17.8 Å². The minimum absolute atomic E-state index is 0.0262. The smallest absolute Gasteiger partial charge is 0.357 e. The van der Waals surface area contributed by atoms with Crippen LogP contribution in [0.1, 0.15) is 25.3 Å². The number of nitrogens with two attached hydrogens (primary N) is 1. The molecule has 0 bridgehead atoms. The maximum absolute atomic E-state index is 14.1. The SMILES string of the molecule is CC(N)Cc1ccc(N(CC(F)(F)F)C2CC2)c(F)c1. The quantitative estimate of drug-likeness (QED) is 0.844. The highest BCUT2D eigenvalue weighted by Crippen LogP contribution is 2.35. The summed E-state index contributed by atoms with van der Waals surface area (Å²) in [5, 5.41) is 0. The highest BCUT2D eigenvalue weighted by Gasteiger charge is 2.39. The Morgan fingerprint density at radius 3 is 2.45 bits per heavy atom. The summed E-state index contributed by atoms with van der Waals surface area (Å²) in [6, 6.07) is 4.04. The van der Waals surface area contributed by atoms with Crippen molar-refractivity contribution in [1.29, 1.82) is 0 Å². The van der Waals surface area contributed by atoms with Gasteiger partial charge in [0, 0.05) is 12.1 Å². The lowest BCUT2D eigenvalue weighted by atomic mass is 10.1. The monoisotopic (exact) mass is 290 g/mol. The molecule has 2 nitrogen and oxygen atoms in total. The fraction of sp³-hybridized carbons (Fsp3) is 0.571. The zero-order chi connectivity index (χ0) is 14.9. The maximum atomic E-state index is 14.1. The normalized spacial score (nSPS) is 17.1. The molecule has 1 unspecified atom stereocenters. The number of hydrogen-bond donors (Lipinski definition) is 1. The Labute approximate surface area is 115 Å². The van der Waals surface area contributed by atoms with Crippen LogP contribution in [0.2, 0.25) is 0 Å². The molecule has 0 heterocycles. The number of alkyl halides is 3. The third-order valence-corrected chi connectivity index (χ3v) is 3.22. The van der Waals surface area contributed by atoms with Gasteiger partial charge in [0.2, 0.25) is 0 Å². The first-order valence-electron chi connectivity index (χ1n) is 6.63. The van der Waals surface area contributed by atoms with Crippen LogP contribution in [-0.2, 0) is 6.42 Å². The van der Waals surface area contributed by atoms with Crippen LogP contribution >= 0.6 is 0 Å². The second-order valence-corrected chi connectivity index (χ2v) is 5.44. The molecule has 1 fully saturated rings. The number of rotatable bonds is 5. The maximum Gasteiger partial charge on any atom is 0.405 e. The van der Waals surface area contributed by atoms with Crippen LogP contribution in [0.25, 0.3) is 0 Å². The molecule has 1 saturated carbocycles. The third-order valence-electron chi connectivity index (χ3n) is 3.22. The zero-order valence-corrected chi connectivity index (χ0v) is 11.3. The van der Waals surface area contributed by atoms with E-state index in [4.69, 9.17) is 5.73 Å². The summed E-state index contributed by atoms with van der Waals surface area (Å²) >= 11 is 0. The van der Waals surface area contributed by atoms with E-state index in [2.05, 4.69) is 0 Å². The summed E-state index contributed by atoms with van der Waals surface area (Å²) in [7, 11) is 0. The van der Waals surface area contributed by atoms with E-state index in [0.717, 1.165) is 4.90 Å². The van der Waals surface area contributed by atoms with E-state index < -0.39 is 18.5 Å². The molecule has 2 rings (SSSR count). The minimum atomic E-state index is -4.33. The van der Waals surface area contributed by atoms with Gasteiger partial charge in [-0.2, -0.15) is 13.2 Å². The molecule has 20 heavy (non-hydrogen) atoms. The van der Waals surface area contributed by atoms with Gasteiger partial charge in [0.05, 0.1) is 5.69 Å². The van der Waals surface area contributed by atoms with Crippen molar-refractivity contribution < 1.29 is 17.6 Å². The molecular formula is C14H18F4N2. The van der Waals surface area contributed by atoms with E-state index >= 15 is 0 Å². The average Bonchev–Trinajstić information content (AvgIpc) is 3.08. The van der Waals surface area contributed by atoms with Crippen molar-refractivity contribution in [3.63, 3.8) is 0 Å². The highest BCUT2D eigenvalue weighted by atomic mass is 19.4. The van der Waals surface area contributed by atoms with Crippen LogP contribution in [0.15, 0.2) is 18.2 Å². The first kappa shape index (κ1) is 15.1. The van der Waals surface area contributed by atoms with Crippen LogP contribution < -0.4 is 10.6 Å². The first-order valence-corrected chi connectivity index (χ1v) is 6.63. The number of halogens is 4. The van der Waals surface area contributed by atoms with Crippen molar-refractivity contribution in [3.05, 3.63) is 29.6 Å². The first-order chi connectivity index (χ1) is 9.26. The molecule has 1 aliphatic carbocycles. The molecule has 0 radical (unpaired) electrons.